The summed E-state index contributed by atoms with van der Waals surface area (Å²) in [6.45, 7) is -0.271. The molecule has 1 aliphatic rings. The molecule has 1 aliphatic heterocycles. The van der Waals surface area contributed by atoms with Gasteiger partial charge >= 0.3 is 6.18 Å². The highest BCUT2D eigenvalue weighted by Crippen LogP contribution is 2.36. The first-order valence-corrected chi connectivity index (χ1v) is 7.51. The van der Waals surface area contributed by atoms with Crippen LogP contribution in [0.25, 0.3) is 0 Å². The van der Waals surface area contributed by atoms with Crippen molar-refractivity contribution in [2.45, 2.75) is 30.0 Å². The SMILES string of the molecule is O=S(=O)(c1ccccc1C(F)(F)F)N1CCCC1CO. The molecule has 1 N–H and O–H groups in total. The van der Waals surface area contributed by atoms with Gasteiger partial charge in [-0.2, -0.15) is 17.5 Å². The molecular formula is C12H14F3NO3S. The second-order valence-corrected chi connectivity index (χ2v) is 6.45. The molecule has 0 aliphatic carbocycles. The van der Waals surface area contributed by atoms with Gasteiger partial charge in [-0.25, -0.2) is 8.42 Å². The van der Waals surface area contributed by atoms with Crippen molar-refractivity contribution in [2.75, 3.05) is 13.2 Å². The van der Waals surface area contributed by atoms with Gasteiger partial charge in [0.2, 0.25) is 10.0 Å². The molecule has 20 heavy (non-hydrogen) atoms. The molecule has 1 heterocycles. The van der Waals surface area contributed by atoms with E-state index in [2.05, 4.69) is 0 Å². The van der Waals surface area contributed by atoms with E-state index in [1.54, 1.807) is 0 Å². The average Bonchev–Trinajstić information content (AvgIpc) is 2.86. The Labute approximate surface area is 114 Å². The number of sulfonamides is 1. The molecule has 4 nitrogen and oxygen atoms in total. The largest absolute Gasteiger partial charge is 0.417 e. The number of aliphatic hydroxyl groups is 1. The van der Waals surface area contributed by atoms with Gasteiger partial charge in [-0.15, -0.1) is 0 Å². The minimum Gasteiger partial charge on any atom is -0.395 e. The van der Waals surface area contributed by atoms with Crippen molar-refractivity contribution in [1.82, 2.24) is 4.31 Å². The lowest BCUT2D eigenvalue weighted by atomic mass is 10.2. The summed E-state index contributed by atoms with van der Waals surface area (Å²) in [6.07, 6.45) is -3.76. The Bertz CT molecular complexity index is 586. The number of alkyl halides is 3. The highest BCUT2D eigenvalue weighted by atomic mass is 32.2. The standard InChI is InChI=1S/C12H14F3NO3S/c13-12(14,15)10-5-1-2-6-11(10)20(18,19)16-7-3-4-9(16)8-17/h1-2,5-6,9,17H,3-4,7-8H2. The van der Waals surface area contributed by atoms with Crippen LogP contribution in [-0.2, 0) is 16.2 Å². The molecule has 112 valence electrons. The predicted molar refractivity (Wildman–Crippen MR) is 65.4 cm³/mol. The number of benzene rings is 1. The van der Waals surface area contributed by atoms with Crippen molar-refractivity contribution >= 4 is 10.0 Å². The van der Waals surface area contributed by atoms with E-state index < -0.39 is 39.3 Å². The number of nitrogens with zero attached hydrogens (tertiary/aromatic N) is 1. The summed E-state index contributed by atoms with van der Waals surface area (Å²) in [5.41, 5.74) is -1.18. The molecule has 1 aromatic carbocycles. The summed E-state index contributed by atoms with van der Waals surface area (Å²) in [5, 5.41) is 9.15. The van der Waals surface area contributed by atoms with Crippen molar-refractivity contribution in [3.8, 4) is 0 Å². The first-order valence-electron chi connectivity index (χ1n) is 6.07. The van der Waals surface area contributed by atoms with Gasteiger partial charge in [0.25, 0.3) is 0 Å². The first-order chi connectivity index (χ1) is 9.28. The Balaban J connectivity index is 2.50. The first kappa shape index (κ1) is 15.3. The molecule has 1 atom stereocenters. The second-order valence-electron chi connectivity index (χ2n) is 4.59. The fourth-order valence-corrected chi connectivity index (χ4v) is 4.26. The maximum absolute atomic E-state index is 12.9. The number of halogens is 3. The zero-order valence-corrected chi connectivity index (χ0v) is 11.3. The Morgan fingerprint density at radius 3 is 2.55 bits per heavy atom. The summed E-state index contributed by atoms with van der Waals surface area (Å²) in [7, 11) is -4.26. The summed E-state index contributed by atoms with van der Waals surface area (Å²) in [6, 6.07) is 3.45. The lowest BCUT2D eigenvalue weighted by Gasteiger charge is -2.24. The number of hydrogen-bond acceptors (Lipinski definition) is 3. The maximum atomic E-state index is 12.9. The molecular weight excluding hydrogens is 295 g/mol. The molecule has 1 aromatic rings. The molecule has 0 spiro atoms. The van der Waals surface area contributed by atoms with Crippen LogP contribution in [-0.4, -0.2) is 37.0 Å². The molecule has 1 fully saturated rings. The third kappa shape index (κ3) is 2.68. The van der Waals surface area contributed by atoms with Gasteiger partial charge in [-0.05, 0) is 25.0 Å². The molecule has 1 unspecified atom stereocenters. The van der Waals surface area contributed by atoms with E-state index >= 15 is 0 Å². The second kappa shape index (κ2) is 5.34. The van der Waals surface area contributed by atoms with Gasteiger partial charge in [-0.1, -0.05) is 12.1 Å². The summed E-state index contributed by atoms with van der Waals surface area (Å²) in [4.78, 5) is -0.757. The number of aliphatic hydroxyl groups excluding tert-OH is 1. The highest BCUT2D eigenvalue weighted by Gasteiger charge is 2.41. The van der Waals surface area contributed by atoms with Gasteiger partial charge in [0.05, 0.1) is 17.1 Å². The maximum Gasteiger partial charge on any atom is 0.417 e. The van der Waals surface area contributed by atoms with Crippen molar-refractivity contribution < 1.29 is 26.7 Å². The molecule has 0 aromatic heterocycles. The molecule has 1 saturated heterocycles. The minimum absolute atomic E-state index is 0.125. The monoisotopic (exact) mass is 309 g/mol. The van der Waals surface area contributed by atoms with E-state index in [9.17, 15) is 21.6 Å². The zero-order chi connectivity index (χ0) is 15.0. The molecule has 0 bridgehead atoms. The lowest BCUT2D eigenvalue weighted by molar-refractivity contribution is -0.139. The Morgan fingerprint density at radius 1 is 1.30 bits per heavy atom. The van der Waals surface area contributed by atoms with Crippen LogP contribution in [0.3, 0.4) is 0 Å². The van der Waals surface area contributed by atoms with Gasteiger partial charge in [0.15, 0.2) is 0 Å². The number of hydrogen-bond donors (Lipinski definition) is 1. The zero-order valence-electron chi connectivity index (χ0n) is 10.5. The molecule has 0 saturated carbocycles. The third-order valence-corrected chi connectivity index (χ3v) is 5.32. The lowest BCUT2D eigenvalue weighted by Crippen LogP contribution is -2.38. The molecule has 0 amide bonds. The normalized spacial score (nSPS) is 21.3. The van der Waals surface area contributed by atoms with Crippen LogP contribution in [0, 0.1) is 0 Å². The number of rotatable bonds is 3. The Kier molecular flexibility index (Phi) is 4.08. The van der Waals surface area contributed by atoms with Crippen molar-refractivity contribution in [3.05, 3.63) is 29.8 Å². The van der Waals surface area contributed by atoms with Crippen LogP contribution >= 0.6 is 0 Å². The van der Waals surface area contributed by atoms with Crippen LogP contribution in [0.15, 0.2) is 29.2 Å². The Morgan fingerprint density at radius 2 is 1.95 bits per heavy atom. The van der Waals surface area contributed by atoms with E-state index in [1.807, 2.05) is 0 Å². The van der Waals surface area contributed by atoms with Crippen LogP contribution in [0.2, 0.25) is 0 Å². The molecule has 8 heteroatoms. The van der Waals surface area contributed by atoms with Gasteiger partial charge in [-0.3, -0.25) is 0 Å². The topological polar surface area (TPSA) is 57.6 Å². The van der Waals surface area contributed by atoms with E-state index in [1.165, 1.54) is 6.07 Å². The smallest absolute Gasteiger partial charge is 0.395 e. The summed E-state index contributed by atoms with van der Waals surface area (Å²) < 4.78 is 64.5. The fourth-order valence-electron chi connectivity index (χ4n) is 2.36. The van der Waals surface area contributed by atoms with Crippen LogP contribution in [0.5, 0.6) is 0 Å². The third-order valence-electron chi connectivity index (χ3n) is 3.31. The predicted octanol–water partition coefficient (Wildman–Crippen LogP) is 1.85. The summed E-state index contributed by atoms with van der Waals surface area (Å²) >= 11 is 0. The Hall–Kier alpha value is -1.12. The molecule has 2 rings (SSSR count). The van der Waals surface area contributed by atoms with Gasteiger partial charge in [0, 0.05) is 12.6 Å². The highest BCUT2D eigenvalue weighted by molar-refractivity contribution is 7.89. The van der Waals surface area contributed by atoms with Crippen LogP contribution < -0.4 is 0 Å². The minimum atomic E-state index is -4.74. The average molecular weight is 309 g/mol. The van der Waals surface area contributed by atoms with Crippen molar-refractivity contribution in [2.24, 2.45) is 0 Å². The molecule has 0 radical (unpaired) electrons. The van der Waals surface area contributed by atoms with Gasteiger partial charge in [0.1, 0.15) is 0 Å². The van der Waals surface area contributed by atoms with Crippen molar-refractivity contribution in [1.29, 1.82) is 0 Å². The van der Waals surface area contributed by atoms with E-state index in [4.69, 9.17) is 5.11 Å². The van der Waals surface area contributed by atoms with Crippen LogP contribution in [0.1, 0.15) is 18.4 Å². The van der Waals surface area contributed by atoms with E-state index in [0.29, 0.717) is 12.8 Å². The fraction of sp³-hybridized carbons (Fsp3) is 0.500. The van der Waals surface area contributed by atoms with Gasteiger partial charge < -0.3 is 5.11 Å². The van der Waals surface area contributed by atoms with Crippen molar-refractivity contribution in [3.63, 3.8) is 0 Å². The van der Waals surface area contributed by atoms with E-state index in [-0.39, 0.29) is 6.54 Å². The van der Waals surface area contributed by atoms with Crippen LogP contribution in [0.4, 0.5) is 13.2 Å². The quantitative estimate of drug-likeness (QED) is 0.927. The van der Waals surface area contributed by atoms with E-state index in [0.717, 1.165) is 22.5 Å². The summed E-state index contributed by atoms with van der Waals surface area (Å²) in [5.74, 6) is 0.